The molecule has 0 bridgehead atoms. The number of hydrogen-bond acceptors (Lipinski definition) is 7. The van der Waals surface area contributed by atoms with Gasteiger partial charge in [0.05, 0.1) is 17.4 Å². The molecular weight excluding hydrogens is 322 g/mol. The van der Waals surface area contributed by atoms with Crippen molar-refractivity contribution in [1.82, 2.24) is 15.0 Å². The van der Waals surface area contributed by atoms with Crippen molar-refractivity contribution in [3.8, 4) is 11.5 Å². The lowest BCUT2D eigenvalue weighted by Gasteiger charge is -2.27. The largest absolute Gasteiger partial charge is 0.334 e. The van der Waals surface area contributed by atoms with Crippen molar-refractivity contribution < 1.29 is 12.9 Å². The van der Waals surface area contributed by atoms with Crippen molar-refractivity contribution in [3.63, 3.8) is 0 Å². The highest BCUT2D eigenvalue weighted by Gasteiger charge is 2.37. The SMILES string of the molecule is CN(Cc1noc(-c2ccsc2)n1)[C@@H]1CCC[C@@H]1S(C)(=O)=O. The fourth-order valence-electron chi connectivity index (χ4n) is 3.07. The summed E-state index contributed by atoms with van der Waals surface area (Å²) in [5.41, 5.74) is 0.918. The molecule has 2 heterocycles. The third-order valence-electron chi connectivity index (χ3n) is 4.16. The molecule has 1 aliphatic carbocycles. The molecule has 0 N–H and O–H groups in total. The van der Waals surface area contributed by atoms with Gasteiger partial charge in [-0.2, -0.15) is 16.3 Å². The highest BCUT2D eigenvalue weighted by Crippen LogP contribution is 2.29. The van der Waals surface area contributed by atoms with Crippen LogP contribution in [-0.2, 0) is 16.4 Å². The van der Waals surface area contributed by atoms with Gasteiger partial charge in [-0.05, 0) is 31.3 Å². The minimum Gasteiger partial charge on any atom is -0.334 e. The summed E-state index contributed by atoms with van der Waals surface area (Å²) >= 11 is 1.58. The Bertz CT molecular complexity index is 724. The quantitative estimate of drug-likeness (QED) is 0.830. The Morgan fingerprint density at radius 1 is 1.45 bits per heavy atom. The van der Waals surface area contributed by atoms with Gasteiger partial charge in [0.25, 0.3) is 5.89 Å². The minimum absolute atomic E-state index is 0.0260. The van der Waals surface area contributed by atoms with Crippen LogP contribution in [0.5, 0.6) is 0 Å². The van der Waals surface area contributed by atoms with Crippen LogP contribution in [0.4, 0.5) is 0 Å². The molecule has 1 saturated carbocycles. The Hall–Kier alpha value is -1.25. The molecule has 0 spiro atoms. The molecule has 120 valence electrons. The zero-order valence-electron chi connectivity index (χ0n) is 12.6. The third kappa shape index (κ3) is 3.23. The molecule has 6 nitrogen and oxygen atoms in total. The predicted molar refractivity (Wildman–Crippen MR) is 85.3 cm³/mol. The van der Waals surface area contributed by atoms with E-state index in [0.717, 1.165) is 24.8 Å². The zero-order chi connectivity index (χ0) is 15.7. The number of hydrogen-bond donors (Lipinski definition) is 0. The van der Waals surface area contributed by atoms with Crippen molar-refractivity contribution in [2.24, 2.45) is 0 Å². The lowest BCUT2D eigenvalue weighted by atomic mass is 10.2. The second-order valence-corrected chi connectivity index (χ2v) is 8.85. The van der Waals surface area contributed by atoms with Crippen LogP contribution in [0.15, 0.2) is 21.3 Å². The van der Waals surface area contributed by atoms with Gasteiger partial charge in [0.2, 0.25) is 0 Å². The molecule has 22 heavy (non-hydrogen) atoms. The van der Waals surface area contributed by atoms with Gasteiger partial charge in [-0.3, -0.25) is 4.90 Å². The second-order valence-electron chi connectivity index (χ2n) is 5.81. The number of aromatic nitrogens is 2. The van der Waals surface area contributed by atoms with Crippen LogP contribution in [-0.4, -0.2) is 48.1 Å². The summed E-state index contributed by atoms with van der Waals surface area (Å²) in [6.07, 6.45) is 3.90. The van der Waals surface area contributed by atoms with E-state index in [-0.39, 0.29) is 11.3 Å². The van der Waals surface area contributed by atoms with E-state index in [2.05, 4.69) is 10.1 Å². The number of nitrogens with zero attached hydrogens (tertiary/aromatic N) is 3. The van der Waals surface area contributed by atoms with E-state index >= 15 is 0 Å². The van der Waals surface area contributed by atoms with Gasteiger partial charge in [-0.25, -0.2) is 8.42 Å². The first kappa shape index (κ1) is 15.6. The van der Waals surface area contributed by atoms with Gasteiger partial charge in [-0.15, -0.1) is 0 Å². The van der Waals surface area contributed by atoms with Gasteiger partial charge in [0.1, 0.15) is 0 Å². The van der Waals surface area contributed by atoms with Crippen LogP contribution in [0.1, 0.15) is 25.1 Å². The molecule has 1 fully saturated rings. The predicted octanol–water partition coefficient (Wildman–Crippen LogP) is 2.20. The first-order valence-corrected chi connectivity index (χ1v) is 10.1. The van der Waals surface area contributed by atoms with Crippen LogP contribution in [0.2, 0.25) is 0 Å². The number of thiophene rings is 1. The average Bonchev–Trinajstić information content (AvgIpc) is 3.19. The fourth-order valence-corrected chi connectivity index (χ4v) is 5.21. The maximum Gasteiger partial charge on any atom is 0.258 e. The summed E-state index contributed by atoms with van der Waals surface area (Å²) in [4.78, 5) is 6.42. The highest BCUT2D eigenvalue weighted by molar-refractivity contribution is 7.91. The zero-order valence-corrected chi connectivity index (χ0v) is 14.2. The molecule has 1 aliphatic rings. The molecule has 2 atom stereocenters. The monoisotopic (exact) mass is 341 g/mol. The summed E-state index contributed by atoms with van der Waals surface area (Å²) in [6.45, 7) is 0.490. The van der Waals surface area contributed by atoms with Crippen molar-refractivity contribution in [2.75, 3.05) is 13.3 Å². The molecule has 0 aromatic carbocycles. The molecule has 0 saturated heterocycles. The minimum atomic E-state index is -3.02. The fraction of sp³-hybridized carbons (Fsp3) is 0.571. The number of rotatable bonds is 5. The van der Waals surface area contributed by atoms with E-state index in [0.29, 0.717) is 18.3 Å². The average molecular weight is 341 g/mol. The third-order valence-corrected chi connectivity index (χ3v) is 6.49. The van der Waals surface area contributed by atoms with Crippen molar-refractivity contribution in [2.45, 2.75) is 37.1 Å². The van der Waals surface area contributed by atoms with Crippen LogP contribution in [0.25, 0.3) is 11.5 Å². The lowest BCUT2D eigenvalue weighted by Crippen LogP contribution is -2.41. The van der Waals surface area contributed by atoms with Crippen molar-refractivity contribution >= 4 is 21.2 Å². The van der Waals surface area contributed by atoms with Gasteiger partial charge >= 0.3 is 0 Å². The van der Waals surface area contributed by atoms with Crippen LogP contribution < -0.4 is 0 Å². The summed E-state index contributed by atoms with van der Waals surface area (Å²) < 4.78 is 29.0. The van der Waals surface area contributed by atoms with Crippen LogP contribution in [0, 0.1) is 0 Å². The second kappa shape index (κ2) is 6.10. The first-order valence-electron chi connectivity index (χ1n) is 7.19. The molecule has 8 heteroatoms. The van der Waals surface area contributed by atoms with E-state index < -0.39 is 9.84 Å². The Morgan fingerprint density at radius 2 is 2.27 bits per heavy atom. The summed E-state index contributed by atoms with van der Waals surface area (Å²) in [5.74, 6) is 1.10. The Labute approximate surface area is 134 Å². The summed E-state index contributed by atoms with van der Waals surface area (Å²) in [7, 11) is -1.10. The molecular formula is C14H19N3O3S2. The maximum atomic E-state index is 11.9. The molecule has 3 rings (SSSR count). The van der Waals surface area contributed by atoms with Crippen molar-refractivity contribution in [3.05, 3.63) is 22.7 Å². The van der Waals surface area contributed by atoms with Gasteiger partial charge in [0, 0.05) is 17.7 Å². The highest BCUT2D eigenvalue weighted by atomic mass is 32.2. The topological polar surface area (TPSA) is 76.3 Å². The number of sulfone groups is 1. The molecule has 2 aromatic heterocycles. The van der Waals surface area contributed by atoms with E-state index in [1.54, 1.807) is 11.3 Å². The van der Waals surface area contributed by atoms with E-state index in [1.807, 2.05) is 28.8 Å². The van der Waals surface area contributed by atoms with E-state index in [9.17, 15) is 8.42 Å². The van der Waals surface area contributed by atoms with Crippen LogP contribution in [0.3, 0.4) is 0 Å². The molecule has 0 unspecified atom stereocenters. The molecule has 0 amide bonds. The normalized spacial score (nSPS) is 22.5. The molecule has 0 radical (unpaired) electrons. The maximum absolute atomic E-state index is 11.9. The van der Waals surface area contributed by atoms with Crippen LogP contribution >= 0.6 is 11.3 Å². The lowest BCUT2D eigenvalue weighted by molar-refractivity contribution is 0.230. The van der Waals surface area contributed by atoms with Gasteiger partial charge in [-0.1, -0.05) is 11.6 Å². The first-order chi connectivity index (χ1) is 10.4. The standard InChI is InChI=1S/C14H19N3O3S2/c1-17(11-4-3-5-12(11)22(2,18)19)8-13-15-14(20-16-13)10-6-7-21-9-10/h6-7,9,11-12H,3-5,8H2,1-2H3/t11-,12+/m1/s1. The Morgan fingerprint density at radius 3 is 2.95 bits per heavy atom. The Kier molecular flexibility index (Phi) is 4.33. The van der Waals surface area contributed by atoms with Crippen molar-refractivity contribution in [1.29, 1.82) is 0 Å². The van der Waals surface area contributed by atoms with Gasteiger partial charge in [0.15, 0.2) is 15.7 Å². The van der Waals surface area contributed by atoms with E-state index in [1.165, 1.54) is 6.26 Å². The van der Waals surface area contributed by atoms with Gasteiger partial charge < -0.3 is 4.52 Å². The summed E-state index contributed by atoms with van der Waals surface area (Å²) in [6, 6.07) is 1.96. The smallest absolute Gasteiger partial charge is 0.258 e. The molecule has 2 aromatic rings. The van der Waals surface area contributed by atoms with E-state index in [4.69, 9.17) is 4.52 Å². The Balaban J connectivity index is 1.70. The molecule has 0 aliphatic heterocycles. The summed E-state index contributed by atoms with van der Waals surface area (Å²) in [5, 5.41) is 7.62.